The molecular formula is C22H30N4O2. The molecule has 0 bridgehead atoms. The molecule has 3 N–H and O–H groups in total. The summed E-state index contributed by atoms with van der Waals surface area (Å²) in [6.07, 6.45) is 1.64. The van der Waals surface area contributed by atoms with Crippen LogP contribution < -0.4 is 11.1 Å². The van der Waals surface area contributed by atoms with Crippen LogP contribution in [0.5, 0.6) is 0 Å². The SMILES string of the molecule is Cc1ccccc1-n1c(C)cc(C(=O)N2CCCC(C(=O)NCCN)C2)c1C. The van der Waals surface area contributed by atoms with Crippen LogP contribution in [0.25, 0.3) is 5.69 Å². The highest BCUT2D eigenvalue weighted by Gasteiger charge is 2.30. The van der Waals surface area contributed by atoms with Crippen LogP contribution in [0.15, 0.2) is 30.3 Å². The minimum absolute atomic E-state index is 0.00394. The molecule has 28 heavy (non-hydrogen) atoms. The first kappa shape index (κ1) is 20.1. The Hall–Kier alpha value is -2.60. The molecule has 150 valence electrons. The third kappa shape index (κ3) is 3.97. The van der Waals surface area contributed by atoms with E-state index in [0.29, 0.717) is 31.7 Å². The van der Waals surface area contributed by atoms with E-state index >= 15 is 0 Å². The number of amides is 2. The maximum Gasteiger partial charge on any atom is 0.255 e. The van der Waals surface area contributed by atoms with Crippen LogP contribution in [0.3, 0.4) is 0 Å². The molecule has 0 aliphatic carbocycles. The maximum absolute atomic E-state index is 13.2. The number of benzene rings is 1. The van der Waals surface area contributed by atoms with Crippen LogP contribution in [-0.2, 0) is 4.79 Å². The molecule has 1 atom stereocenters. The molecule has 3 rings (SSSR count). The van der Waals surface area contributed by atoms with Gasteiger partial charge in [0.05, 0.1) is 11.5 Å². The standard InChI is InChI=1S/C22H30N4O2/c1-15-7-4-5-9-20(15)26-16(2)13-19(17(26)3)22(28)25-12-6-8-18(14-25)21(27)24-11-10-23/h4-5,7,9,13,18H,6,8,10-12,14,23H2,1-3H3,(H,24,27). The van der Waals surface area contributed by atoms with E-state index in [9.17, 15) is 9.59 Å². The van der Waals surface area contributed by atoms with Crippen molar-refractivity contribution in [3.05, 3.63) is 52.8 Å². The summed E-state index contributed by atoms with van der Waals surface area (Å²) in [5.41, 5.74) is 10.4. The molecule has 1 saturated heterocycles. The van der Waals surface area contributed by atoms with Crippen molar-refractivity contribution >= 4 is 11.8 Å². The van der Waals surface area contributed by atoms with Crippen LogP contribution in [0.1, 0.15) is 40.2 Å². The Labute approximate surface area is 166 Å². The summed E-state index contributed by atoms with van der Waals surface area (Å²) in [7, 11) is 0. The maximum atomic E-state index is 13.2. The zero-order chi connectivity index (χ0) is 20.3. The second kappa shape index (κ2) is 8.61. The largest absolute Gasteiger partial charge is 0.355 e. The Kier molecular flexibility index (Phi) is 6.19. The highest BCUT2D eigenvalue weighted by Crippen LogP contribution is 2.26. The van der Waals surface area contributed by atoms with Crippen molar-refractivity contribution in [3.63, 3.8) is 0 Å². The number of carbonyl (C=O) groups excluding carboxylic acids is 2. The number of hydrogen-bond donors (Lipinski definition) is 2. The van der Waals surface area contributed by atoms with E-state index in [1.165, 1.54) is 0 Å². The lowest BCUT2D eigenvalue weighted by molar-refractivity contribution is -0.126. The quantitative estimate of drug-likeness (QED) is 0.833. The molecule has 1 unspecified atom stereocenters. The molecule has 0 radical (unpaired) electrons. The Morgan fingerprint density at radius 3 is 2.68 bits per heavy atom. The van der Waals surface area contributed by atoms with Crippen molar-refractivity contribution in [3.8, 4) is 5.69 Å². The van der Waals surface area contributed by atoms with Gasteiger partial charge >= 0.3 is 0 Å². The molecule has 1 fully saturated rings. The van der Waals surface area contributed by atoms with E-state index in [1.807, 2.05) is 36.9 Å². The molecule has 6 heteroatoms. The van der Waals surface area contributed by atoms with Gasteiger partial charge in [-0.15, -0.1) is 0 Å². The summed E-state index contributed by atoms with van der Waals surface area (Å²) in [5.74, 6) is -0.165. The molecule has 6 nitrogen and oxygen atoms in total. The highest BCUT2D eigenvalue weighted by molar-refractivity contribution is 5.96. The Bertz CT molecular complexity index is 871. The van der Waals surface area contributed by atoms with E-state index in [-0.39, 0.29) is 17.7 Å². The lowest BCUT2D eigenvalue weighted by Crippen LogP contribution is -2.46. The van der Waals surface area contributed by atoms with Crippen molar-refractivity contribution in [1.29, 1.82) is 0 Å². The number of nitrogens with zero attached hydrogens (tertiary/aromatic N) is 2. The monoisotopic (exact) mass is 382 g/mol. The zero-order valence-electron chi connectivity index (χ0n) is 17.0. The summed E-state index contributed by atoms with van der Waals surface area (Å²) in [6.45, 7) is 8.13. The van der Waals surface area contributed by atoms with Gasteiger partial charge in [-0.05, 0) is 51.3 Å². The third-order valence-electron chi connectivity index (χ3n) is 5.54. The molecule has 2 aromatic rings. The van der Waals surface area contributed by atoms with Crippen molar-refractivity contribution < 1.29 is 9.59 Å². The molecule has 2 amide bonds. The van der Waals surface area contributed by atoms with Crippen molar-refractivity contribution in [2.45, 2.75) is 33.6 Å². The topological polar surface area (TPSA) is 80.4 Å². The first-order chi connectivity index (χ1) is 13.4. The molecule has 0 spiro atoms. The van der Waals surface area contributed by atoms with Crippen LogP contribution in [0.4, 0.5) is 0 Å². The summed E-state index contributed by atoms with van der Waals surface area (Å²) in [5, 5.41) is 2.85. The number of nitrogens with one attached hydrogen (secondary N) is 1. The van der Waals surface area contributed by atoms with Gasteiger partial charge in [0.1, 0.15) is 0 Å². The number of carbonyl (C=O) groups is 2. The Morgan fingerprint density at radius 2 is 1.96 bits per heavy atom. The zero-order valence-corrected chi connectivity index (χ0v) is 17.0. The van der Waals surface area contributed by atoms with Crippen LogP contribution in [0.2, 0.25) is 0 Å². The number of piperidine rings is 1. The van der Waals surface area contributed by atoms with Crippen molar-refractivity contribution in [2.24, 2.45) is 11.7 Å². The van der Waals surface area contributed by atoms with Gasteiger partial charge in [0, 0.05) is 43.3 Å². The summed E-state index contributed by atoms with van der Waals surface area (Å²) >= 11 is 0. The van der Waals surface area contributed by atoms with Gasteiger partial charge in [-0.1, -0.05) is 18.2 Å². The van der Waals surface area contributed by atoms with Gasteiger partial charge in [0.15, 0.2) is 0 Å². The van der Waals surface area contributed by atoms with Crippen LogP contribution in [-0.4, -0.2) is 47.5 Å². The Balaban J connectivity index is 1.82. The number of aromatic nitrogens is 1. The number of rotatable bonds is 5. The van der Waals surface area contributed by atoms with Gasteiger partial charge in [-0.2, -0.15) is 0 Å². The second-order valence-corrected chi connectivity index (χ2v) is 7.58. The first-order valence-electron chi connectivity index (χ1n) is 9.96. The van der Waals surface area contributed by atoms with Gasteiger partial charge in [-0.3, -0.25) is 9.59 Å². The lowest BCUT2D eigenvalue weighted by Gasteiger charge is -2.32. The average molecular weight is 383 g/mol. The number of hydrogen-bond acceptors (Lipinski definition) is 3. The predicted octanol–water partition coefficient (Wildman–Crippen LogP) is 2.33. The van der Waals surface area contributed by atoms with E-state index in [2.05, 4.69) is 28.9 Å². The smallest absolute Gasteiger partial charge is 0.255 e. The minimum atomic E-state index is -0.163. The number of para-hydroxylation sites is 1. The van der Waals surface area contributed by atoms with E-state index in [1.54, 1.807) is 0 Å². The first-order valence-corrected chi connectivity index (χ1v) is 9.96. The van der Waals surface area contributed by atoms with E-state index in [4.69, 9.17) is 5.73 Å². The molecule has 1 aromatic heterocycles. The minimum Gasteiger partial charge on any atom is -0.355 e. The fourth-order valence-electron chi connectivity index (χ4n) is 4.05. The summed E-state index contributed by atoms with van der Waals surface area (Å²) in [6, 6.07) is 10.1. The fraction of sp³-hybridized carbons (Fsp3) is 0.455. The third-order valence-corrected chi connectivity index (χ3v) is 5.54. The summed E-state index contributed by atoms with van der Waals surface area (Å²) < 4.78 is 2.14. The highest BCUT2D eigenvalue weighted by atomic mass is 16.2. The predicted molar refractivity (Wildman–Crippen MR) is 111 cm³/mol. The molecule has 1 aliphatic heterocycles. The molecule has 2 heterocycles. The van der Waals surface area contributed by atoms with E-state index < -0.39 is 0 Å². The van der Waals surface area contributed by atoms with Crippen molar-refractivity contribution in [1.82, 2.24) is 14.8 Å². The van der Waals surface area contributed by atoms with Crippen molar-refractivity contribution in [2.75, 3.05) is 26.2 Å². The molecule has 1 aromatic carbocycles. The summed E-state index contributed by atoms with van der Waals surface area (Å²) in [4.78, 5) is 27.4. The number of nitrogens with two attached hydrogens (primary N) is 1. The van der Waals surface area contributed by atoms with Crippen LogP contribution >= 0.6 is 0 Å². The number of likely N-dealkylation sites (tertiary alicyclic amines) is 1. The average Bonchev–Trinajstić information content (AvgIpc) is 3.00. The van der Waals surface area contributed by atoms with Gasteiger partial charge in [-0.25, -0.2) is 0 Å². The molecule has 0 saturated carbocycles. The molecular weight excluding hydrogens is 352 g/mol. The number of aryl methyl sites for hydroxylation is 2. The van der Waals surface area contributed by atoms with Gasteiger partial charge < -0.3 is 20.5 Å². The van der Waals surface area contributed by atoms with Gasteiger partial charge in [0.25, 0.3) is 5.91 Å². The molecule has 1 aliphatic rings. The Morgan fingerprint density at radius 1 is 1.21 bits per heavy atom. The van der Waals surface area contributed by atoms with Crippen LogP contribution in [0, 0.1) is 26.7 Å². The second-order valence-electron chi connectivity index (χ2n) is 7.58. The van der Waals surface area contributed by atoms with Gasteiger partial charge in [0.2, 0.25) is 5.91 Å². The normalized spacial score (nSPS) is 16.9. The van der Waals surface area contributed by atoms with E-state index in [0.717, 1.165) is 35.5 Å². The lowest BCUT2D eigenvalue weighted by atomic mass is 9.96. The fourth-order valence-corrected chi connectivity index (χ4v) is 4.05.